The average Bonchev–Trinajstić information content (AvgIpc) is 2.57. The molecule has 112 valence electrons. The van der Waals surface area contributed by atoms with E-state index < -0.39 is 0 Å². The summed E-state index contributed by atoms with van der Waals surface area (Å²) in [5, 5.41) is 3.54. The topological polar surface area (TPSA) is 32.3 Å². The van der Waals surface area contributed by atoms with E-state index in [0.717, 1.165) is 25.8 Å². The summed E-state index contributed by atoms with van der Waals surface area (Å²) in [5.74, 6) is 0.903. The molecule has 2 unspecified atom stereocenters. The third-order valence-electron chi connectivity index (χ3n) is 3.73. The number of hydrogen-bond acceptors (Lipinski definition) is 3. The minimum Gasteiger partial charge on any atom is -0.324 e. The van der Waals surface area contributed by atoms with Crippen molar-refractivity contribution < 1.29 is 4.79 Å². The molecule has 0 radical (unpaired) electrons. The van der Waals surface area contributed by atoms with Gasteiger partial charge in [0.15, 0.2) is 0 Å². The molecule has 1 fully saturated rings. The van der Waals surface area contributed by atoms with Crippen molar-refractivity contribution in [3.8, 4) is 0 Å². The quantitative estimate of drug-likeness (QED) is 0.780. The monoisotopic (exact) mass is 286 g/mol. The largest absolute Gasteiger partial charge is 0.324 e. The van der Waals surface area contributed by atoms with Gasteiger partial charge in [-0.25, -0.2) is 0 Å². The second-order valence-corrected chi connectivity index (χ2v) is 8.10. The Morgan fingerprint density at radius 3 is 2.53 bits per heavy atom. The van der Waals surface area contributed by atoms with Crippen molar-refractivity contribution in [2.24, 2.45) is 5.92 Å². The molecule has 1 rings (SSSR count). The lowest BCUT2D eigenvalue weighted by atomic mass is 10.1. The molecule has 1 heterocycles. The molecular formula is C15H30N2OS. The van der Waals surface area contributed by atoms with Crippen LogP contribution in [0, 0.1) is 5.92 Å². The lowest BCUT2D eigenvalue weighted by Gasteiger charge is -2.33. The van der Waals surface area contributed by atoms with Gasteiger partial charge in [0, 0.05) is 11.3 Å². The van der Waals surface area contributed by atoms with Crippen LogP contribution in [0.2, 0.25) is 0 Å². The van der Waals surface area contributed by atoms with Gasteiger partial charge in [0.1, 0.15) is 0 Å². The number of nitrogens with one attached hydrogen (secondary N) is 1. The normalized spacial score (nSPS) is 24.6. The van der Waals surface area contributed by atoms with Crippen LogP contribution < -0.4 is 5.32 Å². The average molecular weight is 286 g/mol. The standard InChI is InChI=1S/C15H30N2OS/c1-7-8-12-14(18)17(10-15(4,5)19-6)13(16-12)9-11(2)3/h11-13,16H,7-10H2,1-6H3. The van der Waals surface area contributed by atoms with Crippen LogP contribution in [0.15, 0.2) is 0 Å². The van der Waals surface area contributed by atoms with E-state index in [4.69, 9.17) is 0 Å². The maximum atomic E-state index is 12.5. The van der Waals surface area contributed by atoms with Crippen molar-refractivity contribution >= 4 is 17.7 Å². The number of carbonyl (C=O) groups is 1. The number of nitrogens with zero attached hydrogens (tertiary/aromatic N) is 1. The number of rotatable bonds is 7. The number of carbonyl (C=O) groups excluding carboxylic acids is 1. The van der Waals surface area contributed by atoms with Gasteiger partial charge in [0.05, 0.1) is 12.2 Å². The third kappa shape index (κ3) is 4.67. The van der Waals surface area contributed by atoms with E-state index in [1.54, 1.807) is 0 Å². The first-order chi connectivity index (χ1) is 8.80. The predicted molar refractivity (Wildman–Crippen MR) is 84.4 cm³/mol. The molecule has 0 bridgehead atoms. The Labute approximate surface area is 122 Å². The van der Waals surface area contributed by atoms with Crippen LogP contribution in [0.25, 0.3) is 0 Å². The Kier molecular flexibility index (Phi) is 6.18. The Hall–Kier alpha value is -0.220. The van der Waals surface area contributed by atoms with Crippen LogP contribution in [-0.4, -0.2) is 40.6 Å². The van der Waals surface area contributed by atoms with E-state index in [-0.39, 0.29) is 17.0 Å². The van der Waals surface area contributed by atoms with Crippen LogP contribution >= 0.6 is 11.8 Å². The first-order valence-corrected chi connectivity index (χ1v) is 8.65. The zero-order chi connectivity index (χ0) is 14.6. The molecule has 1 amide bonds. The summed E-state index contributed by atoms with van der Waals surface area (Å²) in [4.78, 5) is 14.6. The Balaban J connectivity index is 2.79. The SMILES string of the molecule is CCCC1NC(CC(C)C)N(CC(C)(C)SC)C1=O. The van der Waals surface area contributed by atoms with E-state index in [1.807, 2.05) is 11.8 Å². The molecule has 1 aliphatic heterocycles. The highest BCUT2D eigenvalue weighted by Gasteiger charge is 2.40. The molecule has 1 saturated heterocycles. The highest BCUT2D eigenvalue weighted by molar-refractivity contribution is 7.99. The molecule has 0 aromatic heterocycles. The molecule has 0 spiro atoms. The fraction of sp³-hybridized carbons (Fsp3) is 0.933. The summed E-state index contributed by atoms with van der Waals surface area (Å²) in [5.41, 5.74) is 0. The molecule has 4 heteroatoms. The Bertz CT molecular complexity index is 305. The molecule has 0 aliphatic carbocycles. The molecule has 2 atom stereocenters. The summed E-state index contributed by atoms with van der Waals surface area (Å²) in [6, 6.07) is 0.0337. The highest BCUT2D eigenvalue weighted by Crippen LogP contribution is 2.27. The van der Waals surface area contributed by atoms with Crippen molar-refractivity contribution in [3.63, 3.8) is 0 Å². The van der Waals surface area contributed by atoms with E-state index in [9.17, 15) is 4.79 Å². The van der Waals surface area contributed by atoms with Crippen molar-refractivity contribution in [2.75, 3.05) is 12.8 Å². The van der Waals surface area contributed by atoms with Crippen molar-refractivity contribution in [1.29, 1.82) is 0 Å². The van der Waals surface area contributed by atoms with Crippen LogP contribution in [0.3, 0.4) is 0 Å². The lowest BCUT2D eigenvalue weighted by molar-refractivity contribution is -0.130. The number of thioether (sulfide) groups is 1. The molecule has 19 heavy (non-hydrogen) atoms. The molecule has 0 aromatic rings. The van der Waals surface area contributed by atoms with E-state index >= 15 is 0 Å². The van der Waals surface area contributed by atoms with Crippen LogP contribution in [0.1, 0.15) is 53.9 Å². The third-order valence-corrected chi connectivity index (χ3v) is 4.96. The zero-order valence-electron chi connectivity index (χ0n) is 13.3. The summed E-state index contributed by atoms with van der Waals surface area (Å²) >= 11 is 1.83. The van der Waals surface area contributed by atoms with E-state index in [1.165, 1.54) is 0 Å². The van der Waals surface area contributed by atoms with Gasteiger partial charge in [-0.3, -0.25) is 10.1 Å². The maximum Gasteiger partial charge on any atom is 0.241 e. The molecule has 0 aromatic carbocycles. The molecule has 0 saturated carbocycles. The summed E-state index contributed by atoms with van der Waals surface area (Å²) in [6.07, 6.45) is 5.38. The fourth-order valence-electron chi connectivity index (χ4n) is 2.55. The first kappa shape index (κ1) is 16.8. The van der Waals surface area contributed by atoms with Gasteiger partial charge in [0.25, 0.3) is 0 Å². The van der Waals surface area contributed by atoms with Gasteiger partial charge >= 0.3 is 0 Å². The minimum absolute atomic E-state index is 0.0337. The van der Waals surface area contributed by atoms with Gasteiger partial charge in [0.2, 0.25) is 5.91 Å². The van der Waals surface area contributed by atoms with Gasteiger partial charge in [-0.05, 0) is 38.9 Å². The first-order valence-electron chi connectivity index (χ1n) is 7.42. The highest BCUT2D eigenvalue weighted by atomic mass is 32.2. The summed E-state index contributed by atoms with van der Waals surface area (Å²) in [7, 11) is 0. The zero-order valence-corrected chi connectivity index (χ0v) is 14.1. The van der Waals surface area contributed by atoms with Gasteiger partial charge < -0.3 is 4.90 Å². The van der Waals surface area contributed by atoms with Crippen molar-refractivity contribution in [3.05, 3.63) is 0 Å². The predicted octanol–water partition coefficient (Wildman–Crippen LogP) is 3.10. The van der Waals surface area contributed by atoms with Crippen LogP contribution in [0.4, 0.5) is 0 Å². The molecular weight excluding hydrogens is 256 g/mol. The van der Waals surface area contributed by atoms with Crippen molar-refractivity contribution in [1.82, 2.24) is 10.2 Å². The fourth-order valence-corrected chi connectivity index (χ4v) is 2.82. The second kappa shape index (κ2) is 6.98. The van der Waals surface area contributed by atoms with Crippen molar-refractivity contribution in [2.45, 2.75) is 70.8 Å². The summed E-state index contributed by atoms with van der Waals surface area (Å²) < 4.78 is 0.119. The Morgan fingerprint density at radius 1 is 1.42 bits per heavy atom. The molecule has 1 N–H and O–H groups in total. The second-order valence-electron chi connectivity index (χ2n) is 6.58. The lowest BCUT2D eigenvalue weighted by Crippen LogP contribution is -2.44. The molecule has 3 nitrogen and oxygen atoms in total. The molecule has 1 aliphatic rings. The smallest absolute Gasteiger partial charge is 0.241 e. The Morgan fingerprint density at radius 2 is 2.05 bits per heavy atom. The maximum absolute atomic E-state index is 12.5. The number of amides is 1. The minimum atomic E-state index is 0.0337. The van der Waals surface area contributed by atoms with Gasteiger partial charge in [-0.1, -0.05) is 27.2 Å². The van der Waals surface area contributed by atoms with Crippen LogP contribution in [0.5, 0.6) is 0 Å². The van der Waals surface area contributed by atoms with E-state index in [2.05, 4.69) is 51.1 Å². The number of hydrogen-bond donors (Lipinski definition) is 1. The van der Waals surface area contributed by atoms with Crippen LogP contribution in [-0.2, 0) is 4.79 Å². The summed E-state index contributed by atoms with van der Waals surface area (Å²) in [6.45, 7) is 11.8. The van der Waals surface area contributed by atoms with Gasteiger partial charge in [-0.15, -0.1) is 0 Å². The van der Waals surface area contributed by atoms with E-state index in [0.29, 0.717) is 11.8 Å². The van der Waals surface area contributed by atoms with Gasteiger partial charge in [-0.2, -0.15) is 11.8 Å².